The number of hydrogen-bond donors (Lipinski definition) is 1. The van der Waals surface area contributed by atoms with Crippen LogP contribution in [0, 0.1) is 31.6 Å². The summed E-state index contributed by atoms with van der Waals surface area (Å²) in [6.45, 7) is 17.8. The van der Waals surface area contributed by atoms with Crippen LogP contribution in [0.5, 0.6) is 0 Å². The van der Waals surface area contributed by atoms with E-state index >= 15 is 0 Å². The minimum atomic E-state index is -1.17. The second-order valence-electron chi connectivity index (χ2n) is 12.1. The van der Waals surface area contributed by atoms with Gasteiger partial charge < -0.3 is 24.5 Å². The number of likely N-dealkylation sites (N-methyl/N-ethyl adjacent to an activating group) is 1. The number of benzene rings is 1. The Kier molecular flexibility index (Phi) is 8.35. The van der Waals surface area contributed by atoms with E-state index in [1.54, 1.807) is 33.9 Å². The Hall–Kier alpha value is -2.97. The van der Waals surface area contributed by atoms with Crippen molar-refractivity contribution in [1.82, 2.24) is 9.80 Å². The number of amides is 3. The molecule has 3 aliphatic rings. The molecule has 7 atom stereocenters. The van der Waals surface area contributed by atoms with E-state index in [-0.39, 0.29) is 36.8 Å². The molecule has 0 aliphatic carbocycles. The van der Waals surface area contributed by atoms with Crippen molar-refractivity contribution >= 4 is 23.4 Å². The fourth-order valence-electron chi connectivity index (χ4n) is 7.31. The Labute approximate surface area is 238 Å². The van der Waals surface area contributed by atoms with Crippen LogP contribution in [0.4, 0.5) is 5.69 Å². The number of nitrogens with zero attached hydrogens (tertiary/aromatic N) is 3. The number of hydrogen-bond acceptors (Lipinski definition) is 5. The highest BCUT2D eigenvalue weighted by Gasteiger charge is 2.79. The fraction of sp³-hybridized carbons (Fsp3) is 0.594. The maximum Gasteiger partial charge on any atom is 0.253 e. The molecule has 0 aromatic heterocycles. The van der Waals surface area contributed by atoms with Crippen LogP contribution in [0.1, 0.15) is 51.2 Å². The third kappa shape index (κ3) is 4.49. The number of aryl methyl sites for hydroxylation is 2. The summed E-state index contributed by atoms with van der Waals surface area (Å²) in [5.41, 5.74) is 0.640. The van der Waals surface area contributed by atoms with E-state index in [9.17, 15) is 19.5 Å². The van der Waals surface area contributed by atoms with Gasteiger partial charge in [-0.2, -0.15) is 0 Å². The van der Waals surface area contributed by atoms with Crippen molar-refractivity contribution in [3.05, 3.63) is 54.6 Å². The summed E-state index contributed by atoms with van der Waals surface area (Å²) < 4.78 is 6.80. The zero-order valence-corrected chi connectivity index (χ0v) is 24.9. The predicted molar refractivity (Wildman–Crippen MR) is 156 cm³/mol. The minimum absolute atomic E-state index is 0.0709. The summed E-state index contributed by atoms with van der Waals surface area (Å²) in [6.07, 6.45) is 5.09. The van der Waals surface area contributed by atoms with Crippen molar-refractivity contribution in [2.45, 2.75) is 77.2 Å². The molecule has 3 aliphatic heterocycles. The van der Waals surface area contributed by atoms with Crippen molar-refractivity contribution < 1.29 is 24.2 Å². The van der Waals surface area contributed by atoms with Crippen LogP contribution in [0.2, 0.25) is 0 Å². The van der Waals surface area contributed by atoms with Crippen LogP contribution in [-0.4, -0.2) is 82.7 Å². The maximum atomic E-state index is 14.8. The van der Waals surface area contributed by atoms with E-state index in [0.717, 1.165) is 16.8 Å². The van der Waals surface area contributed by atoms with Crippen molar-refractivity contribution in [2.75, 3.05) is 31.6 Å². The number of aliphatic hydroxyl groups excluding tert-OH is 1. The molecule has 0 radical (unpaired) electrons. The van der Waals surface area contributed by atoms with E-state index in [1.807, 2.05) is 52.8 Å². The summed E-state index contributed by atoms with van der Waals surface area (Å²) in [5.74, 6) is -2.37. The van der Waals surface area contributed by atoms with E-state index in [0.29, 0.717) is 25.8 Å². The molecule has 40 heavy (non-hydrogen) atoms. The Morgan fingerprint density at radius 3 is 2.48 bits per heavy atom. The van der Waals surface area contributed by atoms with Crippen LogP contribution in [0.3, 0.4) is 0 Å². The topological polar surface area (TPSA) is 90.4 Å². The molecule has 0 saturated carbocycles. The number of rotatable bonds is 11. The van der Waals surface area contributed by atoms with E-state index in [1.165, 1.54) is 0 Å². The average molecular weight is 552 g/mol. The van der Waals surface area contributed by atoms with E-state index in [4.69, 9.17) is 4.74 Å². The molecule has 8 nitrogen and oxygen atoms in total. The second-order valence-corrected chi connectivity index (χ2v) is 12.1. The first kappa shape index (κ1) is 30.0. The van der Waals surface area contributed by atoms with Gasteiger partial charge in [0.2, 0.25) is 11.8 Å². The zero-order chi connectivity index (χ0) is 29.6. The molecule has 1 N–H and O–H groups in total. The highest BCUT2D eigenvalue weighted by Crippen LogP contribution is 2.64. The molecular formula is C32H45N3O5. The molecule has 218 valence electrons. The van der Waals surface area contributed by atoms with Gasteiger partial charge in [0.05, 0.1) is 30.1 Å². The summed E-state index contributed by atoms with van der Waals surface area (Å²) in [7, 11) is 1.70. The molecule has 1 aromatic carbocycles. The van der Waals surface area contributed by atoms with Crippen molar-refractivity contribution in [3.63, 3.8) is 0 Å². The Bertz CT molecular complexity index is 1200. The van der Waals surface area contributed by atoms with Gasteiger partial charge in [0.15, 0.2) is 0 Å². The molecule has 3 amide bonds. The predicted octanol–water partition coefficient (Wildman–Crippen LogP) is 3.64. The molecule has 1 spiro atoms. The molecular weight excluding hydrogens is 506 g/mol. The molecule has 1 aromatic rings. The average Bonchev–Trinajstić information content (AvgIpc) is 3.49. The Balaban J connectivity index is 1.90. The van der Waals surface area contributed by atoms with Gasteiger partial charge in [-0.1, -0.05) is 44.6 Å². The maximum absolute atomic E-state index is 14.8. The number of anilines is 1. The van der Waals surface area contributed by atoms with Gasteiger partial charge >= 0.3 is 0 Å². The van der Waals surface area contributed by atoms with Crippen LogP contribution >= 0.6 is 0 Å². The monoisotopic (exact) mass is 551 g/mol. The normalized spacial score (nSPS) is 30.1. The lowest BCUT2D eigenvalue weighted by atomic mass is 9.66. The van der Waals surface area contributed by atoms with Crippen LogP contribution in [-0.2, 0) is 19.1 Å². The molecule has 3 saturated heterocycles. The van der Waals surface area contributed by atoms with Crippen molar-refractivity contribution in [2.24, 2.45) is 17.8 Å². The minimum Gasteiger partial charge on any atom is -0.394 e. The van der Waals surface area contributed by atoms with Crippen LogP contribution < -0.4 is 4.90 Å². The smallest absolute Gasteiger partial charge is 0.253 e. The third-order valence-corrected chi connectivity index (χ3v) is 9.57. The Morgan fingerprint density at radius 1 is 1.20 bits per heavy atom. The third-order valence-electron chi connectivity index (χ3n) is 9.57. The molecule has 4 rings (SSSR count). The fourth-order valence-corrected chi connectivity index (χ4v) is 7.31. The quantitative estimate of drug-likeness (QED) is 0.424. The highest BCUT2D eigenvalue weighted by atomic mass is 16.5. The van der Waals surface area contributed by atoms with Crippen LogP contribution in [0.15, 0.2) is 43.5 Å². The largest absolute Gasteiger partial charge is 0.394 e. The lowest BCUT2D eigenvalue weighted by Gasteiger charge is -2.41. The van der Waals surface area contributed by atoms with Gasteiger partial charge in [-0.25, -0.2) is 0 Å². The first-order valence-electron chi connectivity index (χ1n) is 14.4. The second kappa shape index (κ2) is 11.1. The van der Waals surface area contributed by atoms with Gasteiger partial charge in [0.25, 0.3) is 5.91 Å². The summed E-state index contributed by atoms with van der Waals surface area (Å²) in [5, 5.41) is 10.6. The summed E-state index contributed by atoms with van der Waals surface area (Å²) in [4.78, 5) is 48.1. The van der Waals surface area contributed by atoms with E-state index < -0.39 is 35.1 Å². The highest BCUT2D eigenvalue weighted by molar-refractivity contribution is 6.05. The molecule has 3 fully saturated rings. The van der Waals surface area contributed by atoms with Gasteiger partial charge in [0, 0.05) is 25.8 Å². The van der Waals surface area contributed by atoms with Gasteiger partial charge in [0.1, 0.15) is 11.6 Å². The lowest BCUT2D eigenvalue weighted by molar-refractivity contribution is -0.152. The summed E-state index contributed by atoms with van der Waals surface area (Å²) >= 11 is 0. The Morgan fingerprint density at radius 2 is 1.88 bits per heavy atom. The number of carbonyl (C=O) groups is 3. The van der Waals surface area contributed by atoms with Crippen molar-refractivity contribution in [1.29, 1.82) is 0 Å². The molecule has 8 heteroatoms. The molecule has 3 heterocycles. The SMILES string of the molecule is C=CCN(C)C(=O)[C@@H]1[C@H]2C(=O)N([C@@H](CO)[C@@H](C)CC)C(C(=O)N(CC=C)c3cc(C)ccc3C)C23CC[C@@]1(C)O3. The number of carbonyl (C=O) groups excluding carboxylic acids is 3. The van der Waals surface area contributed by atoms with Gasteiger partial charge in [-0.05, 0) is 56.7 Å². The number of aliphatic hydroxyl groups is 1. The number of fused-ring (bicyclic) bond motifs is 1. The van der Waals surface area contributed by atoms with Gasteiger partial charge in [-0.3, -0.25) is 14.4 Å². The molecule has 2 bridgehead atoms. The van der Waals surface area contributed by atoms with E-state index in [2.05, 4.69) is 13.2 Å². The first-order valence-corrected chi connectivity index (χ1v) is 14.4. The number of ether oxygens (including phenoxy) is 1. The first-order chi connectivity index (χ1) is 18.9. The molecule has 2 unspecified atom stereocenters. The lowest BCUT2D eigenvalue weighted by Crippen LogP contribution is -2.60. The van der Waals surface area contributed by atoms with Crippen LogP contribution in [0.25, 0.3) is 0 Å². The zero-order valence-electron chi connectivity index (χ0n) is 24.9. The number of likely N-dealkylation sites (tertiary alicyclic amines) is 1. The summed E-state index contributed by atoms with van der Waals surface area (Å²) in [6, 6.07) is 4.37. The van der Waals surface area contributed by atoms with Crippen molar-refractivity contribution in [3.8, 4) is 0 Å². The van der Waals surface area contributed by atoms with Gasteiger partial charge in [-0.15, -0.1) is 13.2 Å². The standard InChI is InChI=1S/C32H45N3O5/c1-9-16-33(8)28(37)25-26-29(38)35(24(19-36)21(5)11-3)27(32(26)15-14-31(25,7)40-32)30(39)34(17-10-2)23-18-20(4)12-13-22(23)6/h9-10,12-13,18,21,24-27,36H,1-2,11,14-17,19H2,3-8H3/t21-,24-,25-,26-,27?,31+,32?/m0/s1.